The summed E-state index contributed by atoms with van der Waals surface area (Å²) in [5.74, 6) is -1.48. The molecule has 2 N–H and O–H groups in total. The number of hydrogen-bond donors (Lipinski definition) is 1. The van der Waals surface area contributed by atoms with E-state index in [0.29, 0.717) is 16.5 Å². The quantitative estimate of drug-likeness (QED) is 0.678. The summed E-state index contributed by atoms with van der Waals surface area (Å²) in [5, 5.41) is 4.44. The number of hydrogen-bond acceptors (Lipinski definition) is 5. The van der Waals surface area contributed by atoms with Crippen molar-refractivity contribution < 1.29 is 13.3 Å². The van der Waals surface area contributed by atoms with Crippen molar-refractivity contribution in [3.8, 4) is 22.2 Å². The van der Waals surface area contributed by atoms with Gasteiger partial charge in [-0.05, 0) is 46.6 Å². The van der Waals surface area contributed by atoms with Crippen molar-refractivity contribution in [2.24, 2.45) is 0 Å². The van der Waals surface area contributed by atoms with Gasteiger partial charge in [0.15, 0.2) is 11.6 Å². The molecule has 0 saturated heterocycles. The number of benzene rings is 1. The molecule has 0 atom stereocenters. The van der Waals surface area contributed by atoms with Crippen molar-refractivity contribution in [2.45, 2.75) is 6.92 Å². The van der Waals surface area contributed by atoms with Crippen LogP contribution < -0.4 is 5.73 Å². The zero-order valence-corrected chi connectivity index (χ0v) is 13.1. The summed E-state index contributed by atoms with van der Waals surface area (Å²) in [6.45, 7) is 1.87. The van der Waals surface area contributed by atoms with E-state index in [4.69, 9.17) is 10.3 Å². The highest BCUT2D eigenvalue weighted by Gasteiger charge is 2.19. The Hall–Kier alpha value is -1.80. The topological polar surface area (TPSA) is 64.9 Å². The molecule has 0 radical (unpaired) electrons. The van der Waals surface area contributed by atoms with Gasteiger partial charge in [0.2, 0.25) is 5.82 Å². The number of nitrogens with two attached hydrogens (primary N) is 1. The lowest BCUT2D eigenvalue weighted by atomic mass is 10.2. The monoisotopic (exact) mass is 371 g/mol. The molecule has 0 aliphatic heterocycles. The smallest absolute Gasteiger partial charge is 0.268 e. The minimum atomic E-state index is -0.990. The van der Waals surface area contributed by atoms with Crippen LogP contribution in [0, 0.1) is 18.6 Å². The number of halogens is 3. The maximum absolute atomic E-state index is 13.6. The first kappa shape index (κ1) is 14.2. The fourth-order valence-electron chi connectivity index (χ4n) is 1.84. The van der Waals surface area contributed by atoms with Gasteiger partial charge in [-0.1, -0.05) is 5.16 Å². The summed E-state index contributed by atoms with van der Waals surface area (Å²) < 4.78 is 31.8. The molecule has 1 aromatic carbocycles. The molecule has 2 aromatic heterocycles. The van der Waals surface area contributed by atoms with E-state index in [1.807, 2.05) is 6.92 Å². The molecule has 0 saturated carbocycles. The van der Waals surface area contributed by atoms with Crippen LogP contribution in [0.1, 0.15) is 5.56 Å². The van der Waals surface area contributed by atoms with Crippen LogP contribution in [0.5, 0.6) is 0 Å². The highest BCUT2D eigenvalue weighted by atomic mass is 79.9. The van der Waals surface area contributed by atoms with Crippen LogP contribution in [0.3, 0.4) is 0 Å². The van der Waals surface area contributed by atoms with E-state index in [-0.39, 0.29) is 10.3 Å². The molecule has 8 heteroatoms. The van der Waals surface area contributed by atoms with Gasteiger partial charge in [-0.25, -0.2) is 8.78 Å². The number of aromatic nitrogens is 2. The standard InChI is InChI=1S/C13H8BrF2N3OS/c1-5-4-8(17)21-11(5)13-18-12(19-20-13)6-2-3-7(15)10(16)9(6)14/h2-4H,17H2,1H3. The third-order valence-corrected chi connectivity index (χ3v) is 4.66. The van der Waals surface area contributed by atoms with Crippen LogP contribution in [0.25, 0.3) is 22.2 Å². The molecule has 0 bridgehead atoms. The van der Waals surface area contributed by atoms with E-state index in [2.05, 4.69) is 26.1 Å². The largest absolute Gasteiger partial charge is 0.391 e. The Morgan fingerprint density at radius 2 is 2.10 bits per heavy atom. The number of aryl methyl sites for hydroxylation is 1. The normalized spacial score (nSPS) is 11.0. The van der Waals surface area contributed by atoms with E-state index < -0.39 is 11.6 Å². The maximum Gasteiger partial charge on any atom is 0.268 e. The fourth-order valence-corrected chi connectivity index (χ4v) is 3.20. The summed E-state index contributed by atoms with van der Waals surface area (Å²) in [7, 11) is 0. The summed E-state index contributed by atoms with van der Waals surface area (Å²) in [4.78, 5) is 4.97. The molecular weight excluding hydrogens is 364 g/mol. The molecule has 3 aromatic rings. The lowest BCUT2D eigenvalue weighted by molar-refractivity contribution is 0.433. The second-order valence-electron chi connectivity index (χ2n) is 4.31. The van der Waals surface area contributed by atoms with E-state index in [1.165, 1.54) is 17.4 Å². The number of nitrogens with zero attached hydrogens (tertiary/aromatic N) is 2. The summed E-state index contributed by atoms with van der Waals surface area (Å²) in [6.07, 6.45) is 0. The molecule has 4 nitrogen and oxygen atoms in total. The van der Waals surface area contributed by atoms with E-state index in [0.717, 1.165) is 16.5 Å². The number of nitrogen functional groups attached to an aromatic ring is 1. The highest BCUT2D eigenvalue weighted by Crippen LogP contribution is 2.35. The first-order chi connectivity index (χ1) is 9.97. The molecule has 3 rings (SSSR count). The fraction of sp³-hybridized carbons (Fsp3) is 0.0769. The molecule has 21 heavy (non-hydrogen) atoms. The Morgan fingerprint density at radius 3 is 2.76 bits per heavy atom. The second-order valence-corrected chi connectivity index (χ2v) is 6.18. The molecule has 2 heterocycles. The number of rotatable bonds is 2. The van der Waals surface area contributed by atoms with Gasteiger partial charge in [-0.15, -0.1) is 11.3 Å². The first-order valence-electron chi connectivity index (χ1n) is 5.81. The molecular formula is C13H8BrF2N3OS. The molecule has 0 unspecified atom stereocenters. The molecule has 0 fully saturated rings. The lowest BCUT2D eigenvalue weighted by Crippen LogP contribution is -1.90. The van der Waals surface area contributed by atoms with E-state index in [1.54, 1.807) is 6.07 Å². The second kappa shape index (κ2) is 5.19. The minimum Gasteiger partial charge on any atom is -0.391 e. The summed E-state index contributed by atoms with van der Waals surface area (Å²) in [5.41, 5.74) is 6.95. The molecule has 0 aliphatic rings. The maximum atomic E-state index is 13.6. The average Bonchev–Trinajstić information content (AvgIpc) is 3.03. The van der Waals surface area contributed by atoms with Gasteiger partial charge in [-0.3, -0.25) is 0 Å². The number of anilines is 1. The van der Waals surface area contributed by atoms with Gasteiger partial charge in [0, 0.05) is 5.56 Å². The van der Waals surface area contributed by atoms with Crippen LogP contribution in [0.15, 0.2) is 27.2 Å². The summed E-state index contributed by atoms with van der Waals surface area (Å²) in [6, 6.07) is 4.20. The van der Waals surface area contributed by atoms with Crippen molar-refractivity contribution in [3.63, 3.8) is 0 Å². The predicted molar refractivity (Wildman–Crippen MR) is 79.8 cm³/mol. The van der Waals surface area contributed by atoms with Crippen molar-refractivity contribution in [1.82, 2.24) is 10.1 Å². The Kier molecular flexibility index (Phi) is 3.50. The molecule has 108 valence electrons. The van der Waals surface area contributed by atoms with Crippen LogP contribution in [0.2, 0.25) is 0 Å². The highest BCUT2D eigenvalue weighted by molar-refractivity contribution is 9.10. The van der Waals surface area contributed by atoms with Gasteiger partial charge in [-0.2, -0.15) is 4.98 Å². The van der Waals surface area contributed by atoms with Crippen molar-refractivity contribution >= 4 is 32.3 Å². The SMILES string of the molecule is Cc1cc(N)sc1-c1nc(-c2ccc(F)c(F)c2Br)no1. The first-order valence-corrected chi connectivity index (χ1v) is 7.42. The van der Waals surface area contributed by atoms with Crippen LogP contribution >= 0.6 is 27.3 Å². The van der Waals surface area contributed by atoms with Gasteiger partial charge >= 0.3 is 0 Å². The lowest BCUT2D eigenvalue weighted by Gasteiger charge is -2.00. The number of thiophene rings is 1. The molecule has 0 amide bonds. The van der Waals surface area contributed by atoms with Crippen LogP contribution in [-0.2, 0) is 0 Å². The summed E-state index contributed by atoms with van der Waals surface area (Å²) >= 11 is 4.32. The zero-order valence-electron chi connectivity index (χ0n) is 10.7. The third kappa shape index (κ3) is 2.44. The van der Waals surface area contributed by atoms with Crippen LogP contribution in [-0.4, -0.2) is 10.1 Å². The minimum absolute atomic E-state index is 0.0442. The molecule has 0 spiro atoms. The predicted octanol–water partition coefficient (Wildman–Crippen LogP) is 4.40. The van der Waals surface area contributed by atoms with Crippen LogP contribution in [0.4, 0.5) is 13.8 Å². The Labute approximate surface area is 130 Å². The van der Waals surface area contributed by atoms with Gasteiger partial charge in [0.05, 0.1) is 14.4 Å². The van der Waals surface area contributed by atoms with Crippen molar-refractivity contribution in [2.75, 3.05) is 5.73 Å². The van der Waals surface area contributed by atoms with Gasteiger partial charge < -0.3 is 10.3 Å². The van der Waals surface area contributed by atoms with Gasteiger partial charge in [0.25, 0.3) is 5.89 Å². The van der Waals surface area contributed by atoms with E-state index >= 15 is 0 Å². The Morgan fingerprint density at radius 1 is 1.33 bits per heavy atom. The van der Waals surface area contributed by atoms with Gasteiger partial charge in [0.1, 0.15) is 0 Å². The van der Waals surface area contributed by atoms with E-state index in [9.17, 15) is 8.78 Å². The zero-order chi connectivity index (χ0) is 15.1. The average molecular weight is 372 g/mol. The Balaban J connectivity index is 2.07. The third-order valence-electron chi connectivity index (χ3n) is 2.83. The van der Waals surface area contributed by atoms with Crippen molar-refractivity contribution in [1.29, 1.82) is 0 Å². The van der Waals surface area contributed by atoms with Crippen molar-refractivity contribution in [3.05, 3.63) is 39.9 Å². The Bertz CT molecular complexity index is 831. The molecule has 0 aliphatic carbocycles.